The normalized spacial score (nSPS) is 57.2. The van der Waals surface area contributed by atoms with E-state index < -0.39 is 0 Å². The Labute approximate surface area is 159 Å². The summed E-state index contributed by atoms with van der Waals surface area (Å²) < 4.78 is 0.939. The SMILES string of the molecule is CCCCC1C2CCC3C4CCC5CCCC[C]5([Hg])C4CCC312. The molecule has 0 N–H and O–H groups in total. The summed E-state index contributed by atoms with van der Waals surface area (Å²) in [7, 11) is 0. The van der Waals surface area contributed by atoms with E-state index in [0.717, 1.165) is 34.5 Å². The molecule has 0 saturated heterocycles. The second-order valence-electron chi connectivity index (χ2n) is 10.2. The van der Waals surface area contributed by atoms with E-state index in [1.807, 2.05) is 0 Å². The Morgan fingerprint density at radius 1 is 0.870 bits per heavy atom. The maximum atomic E-state index is 2.39. The van der Waals surface area contributed by atoms with Gasteiger partial charge in [-0.15, -0.1) is 0 Å². The molecule has 0 amide bonds. The Morgan fingerprint density at radius 2 is 1.74 bits per heavy atom. The number of rotatable bonds is 3. The van der Waals surface area contributed by atoms with Gasteiger partial charge in [0.05, 0.1) is 0 Å². The van der Waals surface area contributed by atoms with Gasteiger partial charge in [0.1, 0.15) is 0 Å². The third kappa shape index (κ3) is 2.12. The predicted molar refractivity (Wildman–Crippen MR) is 91.8 cm³/mol. The van der Waals surface area contributed by atoms with Gasteiger partial charge in [0.25, 0.3) is 0 Å². The molecule has 8 unspecified atom stereocenters. The van der Waals surface area contributed by atoms with Crippen LogP contribution in [0, 0.1) is 40.9 Å². The van der Waals surface area contributed by atoms with Gasteiger partial charge in [-0.25, -0.2) is 0 Å². The van der Waals surface area contributed by atoms with E-state index in [-0.39, 0.29) is 0 Å². The molecule has 5 fully saturated rings. The molecule has 23 heavy (non-hydrogen) atoms. The van der Waals surface area contributed by atoms with Gasteiger partial charge in [-0.05, 0) is 0 Å². The molecule has 5 aliphatic carbocycles. The van der Waals surface area contributed by atoms with Gasteiger partial charge in [0.2, 0.25) is 0 Å². The maximum absolute atomic E-state index is 2.39. The van der Waals surface area contributed by atoms with E-state index in [1.54, 1.807) is 70.6 Å². The molecule has 0 aromatic heterocycles. The van der Waals surface area contributed by atoms with Crippen molar-refractivity contribution in [2.75, 3.05) is 0 Å². The Kier molecular flexibility index (Phi) is 4.01. The number of fused-ring (bicyclic) bond motifs is 4. The number of hydrogen-bond donors (Lipinski definition) is 0. The third-order valence-electron chi connectivity index (χ3n) is 9.87. The zero-order valence-corrected chi connectivity index (χ0v) is 20.9. The van der Waals surface area contributed by atoms with Crippen LogP contribution in [0.1, 0.15) is 90.4 Å². The summed E-state index contributed by atoms with van der Waals surface area (Å²) in [6, 6.07) is 0. The van der Waals surface area contributed by atoms with Crippen LogP contribution in [0.5, 0.6) is 0 Å². The van der Waals surface area contributed by atoms with E-state index in [1.165, 1.54) is 48.3 Å². The second-order valence-corrected chi connectivity index (χ2v) is 15.3. The molecular formula is C22H35Hg. The summed E-state index contributed by atoms with van der Waals surface area (Å²) in [6.45, 7) is 2.39. The van der Waals surface area contributed by atoms with Crippen LogP contribution in [0.3, 0.4) is 0 Å². The molecule has 5 rings (SSSR count). The summed E-state index contributed by atoms with van der Waals surface area (Å²) >= 11 is 1.01. The van der Waals surface area contributed by atoms with Crippen molar-refractivity contribution in [3.8, 4) is 0 Å². The summed E-state index contributed by atoms with van der Waals surface area (Å²) in [5, 5.41) is 0. The minimum absolute atomic E-state index is 0.905. The standard InChI is InChI=1S/C22H35.Hg/c1-2-3-8-20-21-12-11-19-18-10-9-15-6-4-5-7-16(15)17(18)13-14-22(19,20)21;/h15,17-21H,2-14H2,1H3;. The van der Waals surface area contributed by atoms with Gasteiger partial charge in [0.15, 0.2) is 0 Å². The Hall–Kier alpha value is 0.935. The molecule has 0 aliphatic heterocycles. The van der Waals surface area contributed by atoms with Gasteiger partial charge < -0.3 is 0 Å². The molecule has 0 nitrogen and oxygen atoms in total. The van der Waals surface area contributed by atoms with E-state index in [4.69, 9.17) is 0 Å². The summed E-state index contributed by atoms with van der Waals surface area (Å²) in [5.74, 6) is 7.14. The van der Waals surface area contributed by atoms with E-state index in [0.29, 0.717) is 0 Å². The average molecular weight is 500 g/mol. The van der Waals surface area contributed by atoms with Crippen LogP contribution in [-0.2, 0) is 26.1 Å². The Balaban J connectivity index is 1.39. The van der Waals surface area contributed by atoms with Crippen molar-refractivity contribution in [2.45, 2.75) is 93.3 Å². The molecule has 1 heteroatoms. The van der Waals surface area contributed by atoms with Crippen molar-refractivity contribution in [3.63, 3.8) is 0 Å². The molecule has 0 aromatic rings. The first-order chi connectivity index (χ1) is 11.2. The molecule has 0 aromatic carbocycles. The first kappa shape index (κ1) is 16.1. The molecule has 5 saturated carbocycles. The molecule has 5 aliphatic rings. The van der Waals surface area contributed by atoms with E-state index in [2.05, 4.69) is 6.92 Å². The van der Waals surface area contributed by atoms with Crippen molar-refractivity contribution in [3.05, 3.63) is 0 Å². The first-order valence-corrected chi connectivity index (χ1v) is 13.8. The first-order valence-electron chi connectivity index (χ1n) is 11.1. The summed E-state index contributed by atoms with van der Waals surface area (Å²) in [4.78, 5) is 0. The minimum atomic E-state index is 0.905. The fourth-order valence-corrected chi connectivity index (χ4v) is 13.5. The zero-order valence-electron chi connectivity index (χ0n) is 15.4. The molecule has 125 valence electrons. The van der Waals surface area contributed by atoms with Crippen molar-refractivity contribution >= 4 is 0 Å². The summed E-state index contributed by atoms with van der Waals surface area (Å²) in [6.07, 6.45) is 20.8. The molecule has 0 bridgehead atoms. The molecule has 8 atom stereocenters. The molecule has 0 radical (unpaired) electrons. The number of unbranched alkanes of at least 4 members (excludes halogenated alkanes) is 1. The van der Waals surface area contributed by atoms with Crippen LogP contribution >= 0.6 is 0 Å². The van der Waals surface area contributed by atoms with Crippen LogP contribution < -0.4 is 0 Å². The predicted octanol–water partition coefficient (Wildman–Crippen LogP) is 6.53. The van der Waals surface area contributed by atoms with Crippen LogP contribution in [0.15, 0.2) is 0 Å². The Bertz CT molecular complexity index is 473. The van der Waals surface area contributed by atoms with Crippen LogP contribution in [0.2, 0.25) is 2.92 Å². The van der Waals surface area contributed by atoms with E-state index >= 15 is 0 Å². The quantitative estimate of drug-likeness (QED) is 0.387. The van der Waals surface area contributed by atoms with Gasteiger partial charge in [0, 0.05) is 0 Å². The molecule has 0 heterocycles. The van der Waals surface area contributed by atoms with Crippen molar-refractivity contribution in [1.29, 1.82) is 0 Å². The third-order valence-corrected chi connectivity index (χ3v) is 15.5. The van der Waals surface area contributed by atoms with Crippen LogP contribution in [0.25, 0.3) is 0 Å². The summed E-state index contributed by atoms with van der Waals surface area (Å²) in [5.41, 5.74) is 0.905. The molecule has 1 spiro atoms. The van der Waals surface area contributed by atoms with Crippen molar-refractivity contribution in [1.82, 2.24) is 0 Å². The Morgan fingerprint density at radius 3 is 2.61 bits per heavy atom. The molecular weight excluding hydrogens is 465 g/mol. The van der Waals surface area contributed by atoms with Crippen LogP contribution in [-0.4, -0.2) is 0 Å². The van der Waals surface area contributed by atoms with Gasteiger partial charge in [-0.3, -0.25) is 0 Å². The van der Waals surface area contributed by atoms with Gasteiger partial charge in [-0.1, -0.05) is 0 Å². The average Bonchev–Trinajstić information content (AvgIpc) is 2.97. The van der Waals surface area contributed by atoms with Gasteiger partial charge >= 0.3 is 160 Å². The van der Waals surface area contributed by atoms with Crippen molar-refractivity contribution in [2.24, 2.45) is 40.9 Å². The fraction of sp³-hybridized carbons (Fsp3) is 1.00. The van der Waals surface area contributed by atoms with Crippen LogP contribution in [0.4, 0.5) is 0 Å². The topological polar surface area (TPSA) is 0 Å². The number of hydrogen-bond acceptors (Lipinski definition) is 0. The van der Waals surface area contributed by atoms with Gasteiger partial charge in [-0.2, -0.15) is 0 Å². The fourth-order valence-electron chi connectivity index (χ4n) is 9.01. The zero-order chi connectivity index (χ0) is 15.7. The van der Waals surface area contributed by atoms with Crippen molar-refractivity contribution < 1.29 is 26.1 Å². The monoisotopic (exact) mass is 501 g/mol. The second kappa shape index (κ2) is 5.72. The van der Waals surface area contributed by atoms with E-state index in [9.17, 15) is 0 Å².